The van der Waals surface area contributed by atoms with Crippen molar-refractivity contribution in [2.45, 2.75) is 12.8 Å². The zero-order valence-corrected chi connectivity index (χ0v) is 16.9. The van der Waals surface area contributed by atoms with Gasteiger partial charge in [-0.3, -0.25) is 0 Å². The van der Waals surface area contributed by atoms with E-state index in [2.05, 4.69) is 0 Å². The molecular weight excluding hydrogens is 405 g/mol. The minimum absolute atomic E-state index is 0.0745. The van der Waals surface area contributed by atoms with Crippen LogP contribution in [0, 0.1) is 12.7 Å². The van der Waals surface area contributed by atoms with Crippen molar-refractivity contribution >= 4 is 40.6 Å². The molecule has 0 radical (unpaired) electrons. The Morgan fingerprint density at radius 1 is 1.07 bits per heavy atom. The minimum atomic E-state index is -0.634. The van der Waals surface area contributed by atoms with Crippen LogP contribution < -0.4 is 4.90 Å². The molecule has 1 aromatic heterocycles. The zero-order chi connectivity index (χ0) is 20.4. The van der Waals surface area contributed by atoms with Gasteiger partial charge in [-0.05, 0) is 37.3 Å². The van der Waals surface area contributed by atoms with E-state index >= 15 is 0 Å². The van der Waals surface area contributed by atoms with Crippen LogP contribution in [0.5, 0.6) is 0 Å². The van der Waals surface area contributed by atoms with Crippen LogP contribution in [0.1, 0.15) is 15.7 Å². The molecule has 0 bridgehead atoms. The largest absolute Gasteiger partial charge is 0.466 e. The fourth-order valence-corrected chi connectivity index (χ4v) is 4.13. The number of ether oxygens (including phenoxy) is 2. The summed E-state index contributed by atoms with van der Waals surface area (Å²) in [7, 11) is 2.55. The Morgan fingerprint density at radius 2 is 1.68 bits per heavy atom. The highest BCUT2D eigenvalue weighted by atomic mass is 35.5. The first-order valence-electron chi connectivity index (χ1n) is 8.25. The molecule has 0 aliphatic carbocycles. The van der Waals surface area contributed by atoms with E-state index in [1.807, 2.05) is 19.1 Å². The van der Waals surface area contributed by atoms with Crippen molar-refractivity contribution < 1.29 is 23.5 Å². The van der Waals surface area contributed by atoms with Gasteiger partial charge in [-0.2, -0.15) is 0 Å². The third kappa shape index (κ3) is 3.81. The van der Waals surface area contributed by atoms with Gasteiger partial charge in [0.05, 0.1) is 36.3 Å². The molecule has 0 saturated heterocycles. The lowest BCUT2D eigenvalue weighted by atomic mass is 9.88. The molecule has 1 aliphatic rings. The van der Waals surface area contributed by atoms with Gasteiger partial charge in [0, 0.05) is 27.8 Å². The second-order valence-corrected chi connectivity index (χ2v) is 7.77. The predicted molar refractivity (Wildman–Crippen MR) is 106 cm³/mol. The van der Waals surface area contributed by atoms with Gasteiger partial charge in [-0.1, -0.05) is 11.6 Å². The summed E-state index contributed by atoms with van der Waals surface area (Å²) in [5, 5.41) is -0.0745. The number of thiophene rings is 1. The third-order valence-electron chi connectivity index (χ3n) is 4.27. The lowest BCUT2D eigenvalue weighted by Crippen LogP contribution is -2.28. The summed E-state index contributed by atoms with van der Waals surface area (Å²) >= 11 is 7.36. The number of nitrogens with zero attached hydrogens (tertiary/aromatic N) is 1. The standard InChI is InChI=1S/C20H17ClFNO4S/c1-11-4-7-17(28-11)18-13(19(24)26-2)9-23(10-14(18)20(25)27-3)12-5-6-16(22)15(21)8-12/h4-10,18H,1-3H3. The smallest absolute Gasteiger partial charge is 0.336 e. The molecule has 1 aromatic carbocycles. The fourth-order valence-electron chi connectivity index (χ4n) is 2.94. The summed E-state index contributed by atoms with van der Waals surface area (Å²) in [5.41, 5.74) is 0.996. The van der Waals surface area contributed by atoms with E-state index in [-0.39, 0.29) is 16.2 Å². The first-order chi connectivity index (χ1) is 13.3. The van der Waals surface area contributed by atoms with E-state index < -0.39 is 23.7 Å². The number of carbonyl (C=O) groups excluding carboxylic acids is 2. The van der Waals surface area contributed by atoms with Crippen molar-refractivity contribution in [3.05, 3.63) is 74.5 Å². The topological polar surface area (TPSA) is 55.8 Å². The number of hydrogen-bond donors (Lipinski definition) is 0. The highest BCUT2D eigenvalue weighted by Crippen LogP contribution is 2.41. The van der Waals surface area contributed by atoms with Crippen molar-refractivity contribution in [3.8, 4) is 0 Å². The van der Waals surface area contributed by atoms with Crippen molar-refractivity contribution in [1.82, 2.24) is 0 Å². The van der Waals surface area contributed by atoms with Gasteiger partial charge in [0.2, 0.25) is 0 Å². The lowest BCUT2D eigenvalue weighted by molar-refractivity contribution is -0.137. The number of rotatable bonds is 4. The van der Waals surface area contributed by atoms with Crippen molar-refractivity contribution in [2.75, 3.05) is 19.1 Å². The van der Waals surface area contributed by atoms with Gasteiger partial charge in [0.1, 0.15) is 5.82 Å². The fraction of sp³-hybridized carbons (Fsp3) is 0.200. The van der Waals surface area contributed by atoms with E-state index in [0.717, 1.165) is 9.75 Å². The molecule has 0 unspecified atom stereocenters. The van der Waals surface area contributed by atoms with Gasteiger partial charge in [-0.15, -0.1) is 11.3 Å². The molecule has 146 valence electrons. The molecule has 8 heteroatoms. The molecule has 2 heterocycles. The SMILES string of the molecule is COC(=O)C1=CN(c2ccc(F)c(Cl)c2)C=C(C(=O)OC)C1c1ccc(C)s1. The quantitative estimate of drug-likeness (QED) is 0.677. The maximum absolute atomic E-state index is 13.5. The Balaban J connectivity index is 2.17. The molecule has 5 nitrogen and oxygen atoms in total. The molecule has 0 fully saturated rings. The summed E-state index contributed by atoms with van der Waals surface area (Å²) in [6.45, 7) is 1.94. The average molecular weight is 422 g/mol. The molecule has 1 aliphatic heterocycles. The number of methoxy groups -OCH3 is 2. The first kappa shape index (κ1) is 20.1. The van der Waals surface area contributed by atoms with E-state index in [1.54, 1.807) is 12.4 Å². The second-order valence-electron chi connectivity index (χ2n) is 6.04. The molecule has 0 N–H and O–H groups in total. The number of halogens is 2. The first-order valence-corrected chi connectivity index (χ1v) is 9.45. The highest BCUT2D eigenvalue weighted by Gasteiger charge is 2.36. The number of aryl methyl sites for hydroxylation is 1. The number of esters is 2. The molecule has 3 rings (SSSR count). The van der Waals surface area contributed by atoms with Gasteiger partial charge in [-0.25, -0.2) is 14.0 Å². The predicted octanol–water partition coefficient (Wildman–Crippen LogP) is 4.57. The average Bonchev–Trinajstić information content (AvgIpc) is 3.13. The van der Waals surface area contributed by atoms with Crippen LogP contribution in [0.3, 0.4) is 0 Å². The van der Waals surface area contributed by atoms with Gasteiger partial charge in [0.15, 0.2) is 0 Å². The minimum Gasteiger partial charge on any atom is -0.466 e. The Kier molecular flexibility index (Phi) is 5.86. The van der Waals surface area contributed by atoms with E-state index in [0.29, 0.717) is 5.69 Å². The zero-order valence-electron chi connectivity index (χ0n) is 15.4. The van der Waals surface area contributed by atoms with Crippen LogP contribution in [0.15, 0.2) is 53.9 Å². The van der Waals surface area contributed by atoms with Crippen LogP contribution >= 0.6 is 22.9 Å². The summed E-state index contributed by atoms with van der Waals surface area (Å²) < 4.78 is 23.4. The van der Waals surface area contributed by atoms with Crippen LogP contribution in [-0.4, -0.2) is 26.2 Å². The molecule has 0 atom stereocenters. The number of anilines is 1. The van der Waals surface area contributed by atoms with Gasteiger partial charge >= 0.3 is 11.9 Å². The summed E-state index contributed by atoms with van der Waals surface area (Å²) in [6, 6.07) is 7.89. The molecule has 0 spiro atoms. The monoisotopic (exact) mass is 421 g/mol. The van der Waals surface area contributed by atoms with Crippen molar-refractivity contribution in [3.63, 3.8) is 0 Å². The molecule has 28 heavy (non-hydrogen) atoms. The maximum atomic E-state index is 13.5. The van der Waals surface area contributed by atoms with Crippen molar-refractivity contribution in [1.29, 1.82) is 0 Å². The van der Waals surface area contributed by atoms with E-state index in [4.69, 9.17) is 21.1 Å². The molecule has 2 aromatic rings. The van der Waals surface area contributed by atoms with Crippen LogP contribution in [-0.2, 0) is 19.1 Å². The lowest BCUT2D eigenvalue weighted by Gasteiger charge is -2.29. The van der Waals surface area contributed by atoms with E-state index in [1.165, 1.54) is 48.7 Å². The Hall–Kier alpha value is -2.64. The molecule has 0 saturated carbocycles. The Labute approximate surface area is 170 Å². The Bertz CT molecular complexity index is 964. The second kappa shape index (κ2) is 8.16. The highest BCUT2D eigenvalue weighted by molar-refractivity contribution is 7.12. The van der Waals surface area contributed by atoms with Crippen LogP contribution in [0.25, 0.3) is 0 Å². The van der Waals surface area contributed by atoms with Crippen LogP contribution in [0.4, 0.5) is 10.1 Å². The van der Waals surface area contributed by atoms with Crippen molar-refractivity contribution in [2.24, 2.45) is 0 Å². The van der Waals surface area contributed by atoms with E-state index in [9.17, 15) is 14.0 Å². The van der Waals surface area contributed by atoms with Gasteiger partial charge < -0.3 is 14.4 Å². The normalized spacial score (nSPS) is 14.4. The summed E-state index contributed by atoms with van der Waals surface area (Å²) in [4.78, 5) is 28.4. The van der Waals surface area contributed by atoms with Gasteiger partial charge in [0.25, 0.3) is 0 Å². The third-order valence-corrected chi connectivity index (χ3v) is 5.62. The number of carbonyl (C=O) groups is 2. The number of hydrogen-bond acceptors (Lipinski definition) is 6. The Morgan fingerprint density at radius 3 is 2.14 bits per heavy atom. The number of benzene rings is 1. The molecular formula is C20H17ClFNO4S. The molecule has 0 amide bonds. The van der Waals surface area contributed by atoms with Crippen LogP contribution in [0.2, 0.25) is 5.02 Å². The summed E-state index contributed by atoms with van der Waals surface area (Å²) in [5.74, 6) is -2.36. The summed E-state index contributed by atoms with van der Waals surface area (Å²) in [6.07, 6.45) is 3.11. The maximum Gasteiger partial charge on any atom is 0.336 e.